The predicted molar refractivity (Wildman–Crippen MR) is 106 cm³/mol. The summed E-state index contributed by atoms with van der Waals surface area (Å²) in [5.74, 6) is 1.50. The molecule has 7 atom stereocenters. The molecule has 1 N–H and O–H groups in total. The van der Waals surface area contributed by atoms with E-state index in [0.717, 1.165) is 31.3 Å². The minimum Gasteiger partial charge on any atom is -0.389 e. The van der Waals surface area contributed by atoms with Crippen molar-refractivity contribution in [1.29, 1.82) is 0 Å². The lowest BCUT2D eigenvalue weighted by Gasteiger charge is -2.59. The second-order valence-corrected chi connectivity index (χ2v) is 9.78. The largest absolute Gasteiger partial charge is 0.389 e. The van der Waals surface area contributed by atoms with Gasteiger partial charge in [-0.3, -0.25) is 4.98 Å². The van der Waals surface area contributed by atoms with Crippen molar-refractivity contribution in [3.05, 3.63) is 47.8 Å². The summed E-state index contributed by atoms with van der Waals surface area (Å²) in [5.41, 5.74) is 3.64. The standard InChI is InChI=1S/C24H30FNO/c1-23-10-8-20-17(13-22(25)21-12-16(27)7-9-24(20,21)2)19(23)6-5-18(23)15-4-3-11-26-14-15/h3-5,11-12,14,16-17,19-20,22,27H,6-10,13H2,1-2H3/t16?,17-,19-,20-,22+,23+,24+/m0/s1. The summed E-state index contributed by atoms with van der Waals surface area (Å²) >= 11 is 0. The van der Waals surface area contributed by atoms with Crippen LogP contribution in [0.2, 0.25) is 0 Å². The highest BCUT2D eigenvalue weighted by atomic mass is 19.1. The quantitative estimate of drug-likeness (QED) is 0.679. The van der Waals surface area contributed by atoms with Gasteiger partial charge in [0.15, 0.2) is 0 Å². The zero-order valence-electron chi connectivity index (χ0n) is 16.4. The Balaban J connectivity index is 1.50. The lowest BCUT2D eigenvalue weighted by Crippen LogP contribution is -2.53. The molecule has 5 rings (SSSR count). The van der Waals surface area contributed by atoms with Gasteiger partial charge in [-0.2, -0.15) is 0 Å². The number of nitrogens with zero attached hydrogens (tertiary/aromatic N) is 1. The highest BCUT2D eigenvalue weighted by Gasteiger charge is 2.59. The number of pyridine rings is 1. The summed E-state index contributed by atoms with van der Waals surface area (Å²) in [7, 11) is 0. The van der Waals surface area contributed by atoms with Crippen LogP contribution in [-0.4, -0.2) is 22.4 Å². The van der Waals surface area contributed by atoms with Crippen molar-refractivity contribution in [3.63, 3.8) is 0 Å². The van der Waals surface area contributed by atoms with Gasteiger partial charge in [-0.05, 0) is 89.9 Å². The van der Waals surface area contributed by atoms with Crippen molar-refractivity contribution >= 4 is 5.57 Å². The first kappa shape index (κ1) is 17.6. The van der Waals surface area contributed by atoms with E-state index in [1.807, 2.05) is 24.5 Å². The Morgan fingerprint density at radius 1 is 1.15 bits per heavy atom. The van der Waals surface area contributed by atoms with Crippen LogP contribution in [0.25, 0.3) is 5.57 Å². The molecule has 0 aliphatic heterocycles. The molecule has 2 nitrogen and oxygen atoms in total. The van der Waals surface area contributed by atoms with E-state index < -0.39 is 12.3 Å². The number of alkyl halides is 1. The van der Waals surface area contributed by atoms with Crippen molar-refractivity contribution in [1.82, 2.24) is 4.98 Å². The van der Waals surface area contributed by atoms with Gasteiger partial charge < -0.3 is 5.11 Å². The summed E-state index contributed by atoms with van der Waals surface area (Å²) in [5, 5.41) is 10.1. The van der Waals surface area contributed by atoms with E-state index in [0.29, 0.717) is 24.2 Å². The van der Waals surface area contributed by atoms with E-state index in [9.17, 15) is 5.11 Å². The molecule has 2 saturated carbocycles. The molecule has 4 aliphatic rings. The molecule has 1 aromatic heterocycles. The average molecular weight is 368 g/mol. The first-order valence-corrected chi connectivity index (χ1v) is 10.6. The molecule has 1 heterocycles. The number of fused-ring (bicyclic) bond motifs is 5. The van der Waals surface area contributed by atoms with Crippen LogP contribution in [0.1, 0.15) is 57.9 Å². The molecule has 0 bridgehead atoms. The Morgan fingerprint density at radius 2 is 1.96 bits per heavy atom. The third-order valence-corrected chi connectivity index (χ3v) is 8.62. The summed E-state index contributed by atoms with van der Waals surface area (Å²) in [4.78, 5) is 4.33. The molecule has 3 heteroatoms. The van der Waals surface area contributed by atoms with Crippen molar-refractivity contribution in [2.24, 2.45) is 28.6 Å². The third kappa shape index (κ3) is 2.43. The number of aliphatic hydroxyl groups excluding tert-OH is 1. The SMILES string of the molecule is C[C@]12CCC(O)C=C1[C@H](F)C[C@@H]1[C@@H]2CC[C@]2(C)C(c3cccnc3)=CC[C@@H]12. The number of allylic oxidation sites excluding steroid dienone is 3. The number of aromatic nitrogens is 1. The zero-order chi connectivity index (χ0) is 18.8. The maximum atomic E-state index is 15.3. The zero-order valence-corrected chi connectivity index (χ0v) is 16.4. The molecule has 0 amide bonds. The Kier molecular flexibility index (Phi) is 3.92. The van der Waals surface area contributed by atoms with Crippen LogP contribution in [-0.2, 0) is 0 Å². The van der Waals surface area contributed by atoms with Gasteiger partial charge in [-0.1, -0.05) is 32.1 Å². The van der Waals surface area contributed by atoms with E-state index in [4.69, 9.17) is 0 Å². The van der Waals surface area contributed by atoms with Crippen LogP contribution < -0.4 is 0 Å². The van der Waals surface area contributed by atoms with Crippen molar-refractivity contribution in [2.75, 3.05) is 0 Å². The molecular formula is C24H30FNO. The number of hydrogen-bond donors (Lipinski definition) is 1. The fourth-order valence-corrected chi connectivity index (χ4v) is 7.24. The number of hydrogen-bond acceptors (Lipinski definition) is 2. The van der Waals surface area contributed by atoms with Crippen LogP contribution in [0.4, 0.5) is 4.39 Å². The molecule has 1 aromatic rings. The van der Waals surface area contributed by atoms with E-state index in [1.165, 1.54) is 17.6 Å². The van der Waals surface area contributed by atoms with Crippen molar-refractivity contribution in [3.8, 4) is 0 Å². The molecule has 144 valence electrons. The van der Waals surface area contributed by atoms with E-state index in [-0.39, 0.29) is 10.8 Å². The number of aliphatic hydroxyl groups is 1. The van der Waals surface area contributed by atoms with Crippen LogP contribution in [0.3, 0.4) is 0 Å². The Bertz CT molecular complexity index is 802. The van der Waals surface area contributed by atoms with Gasteiger partial charge in [-0.15, -0.1) is 0 Å². The van der Waals surface area contributed by atoms with Gasteiger partial charge in [0.05, 0.1) is 6.10 Å². The van der Waals surface area contributed by atoms with Gasteiger partial charge >= 0.3 is 0 Å². The minimum absolute atomic E-state index is 0.0695. The Labute approximate surface area is 161 Å². The first-order chi connectivity index (χ1) is 12.9. The summed E-state index contributed by atoms with van der Waals surface area (Å²) in [6, 6.07) is 4.18. The van der Waals surface area contributed by atoms with Gasteiger partial charge in [0, 0.05) is 12.4 Å². The molecule has 0 aromatic carbocycles. The topological polar surface area (TPSA) is 33.1 Å². The van der Waals surface area contributed by atoms with E-state index in [2.05, 4.69) is 31.0 Å². The molecular weight excluding hydrogens is 337 g/mol. The van der Waals surface area contributed by atoms with Crippen molar-refractivity contribution < 1.29 is 9.50 Å². The second kappa shape index (κ2) is 6.01. The predicted octanol–water partition coefficient (Wildman–Crippen LogP) is 5.35. The number of rotatable bonds is 1. The van der Waals surface area contributed by atoms with Crippen LogP contribution in [0.15, 0.2) is 42.3 Å². The molecule has 27 heavy (non-hydrogen) atoms. The van der Waals surface area contributed by atoms with E-state index >= 15 is 4.39 Å². The normalized spacial score (nSPS) is 46.0. The minimum atomic E-state index is -0.893. The Morgan fingerprint density at radius 3 is 2.74 bits per heavy atom. The lowest BCUT2D eigenvalue weighted by atomic mass is 9.46. The highest BCUT2D eigenvalue weighted by Crippen LogP contribution is 2.67. The summed E-state index contributed by atoms with van der Waals surface area (Å²) in [6.45, 7) is 4.69. The molecule has 4 aliphatic carbocycles. The molecule has 0 saturated heterocycles. The maximum Gasteiger partial charge on any atom is 0.122 e. The smallest absolute Gasteiger partial charge is 0.122 e. The fraction of sp³-hybridized carbons (Fsp3) is 0.625. The van der Waals surface area contributed by atoms with Crippen LogP contribution in [0, 0.1) is 28.6 Å². The summed E-state index contributed by atoms with van der Waals surface area (Å²) in [6.07, 6.45) is 12.4. The monoisotopic (exact) mass is 367 g/mol. The van der Waals surface area contributed by atoms with Crippen molar-refractivity contribution in [2.45, 2.75) is 64.6 Å². The van der Waals surface area contributed by atoms with Gasteiger partial charge in [0.1, 0.15) is 6.17 Å². The first-order valence-electron chi connectivity index (χ1n) is 10.6. The Hall–Kier alpha value is -1.48. The highest BCUT2D eigenvalue weighted by molar-refractivity contribution is 5.72. The van der Waals surface area contributed by atoms with Gasteiger partial charge in [0.25, 0.3) is 0 Å². The van der Waals surface area contributed by atoms with Gasteiger partial charge in [-0.25, -0.2) is 4.39 Å². The van der Waals surface area contributed by atoms with Crippen LogP contribution >= 0.6 is 0 Å². The summed E-state index contributed by atoms with van der Waals surface area (Å²) < 4.78 is 15.3. The van der Waals surface area contributed by atoms with Gasteiger partial charge in [0.2, 0.25) is 0 Å². The molecule has 0 spiro atoms. The molecule has 2 fully saturated rings. The molecule has 1 unspecified atom stereocenters. The molecule has 0 radical (unpaired) electrons. The number of halogens is 1. The average Bonchev–Trinajstić information content (AvgIpc) is 3.01. The second-order valence-electron chi connectivity index (χ2n) is 9.78. The third-order valence-electron chi connectivity index (χ3n) is 8.62. The lowest BCUT2D eigenvalue weighted by molar-refractivity contribution is -0.0479. The maximum absolute atomic E-state index is 15.3. The van der Waals surface area contributed by atoms with Crippen LogP contribution in [0.5, 0.6) is 0 Å². The fourth-order valence-electron chi connectivity index (χ4n) is 7.24. The van der Waals surface area contributed by atoms with E-state index in [1.54, 1.807) is 0 Å².